The van der Waals surface area contributed by atoms with Gasteiger partial charge in [0, 0.05) is 13.3 Å². The molecule has 268 valence electrons. The van der Waals surface area contributed by atoms with Crippen molar-refractivity contribution in [2.24, 2.45) is 0 Å². The van der Waals surface area contributed by atoms with Gasteiger partial charge >= 0.3 is 11.9 Å². The second-order valence-electron chi connectivity index (χ2n) is 11.7. The first kappa shape index (κ1) is 40.4. The van der Waals surface area contributed by atoms with Crippen molar-refractivity contribution in [2.45, 2.75) is 146 Å². The zero-order valence-corrected chi connectivity index (χ0v) is 26.8. The molecule has 0 aromatic heterocycles. The largest absolute Gasteiger partial charge is 0.462 e. The van der Waals surface area contributed by atoms with E-state index in [9.17, 15) is 45.3 Å². The van der Waals surface area contributed by atoms with Crippen molar-refractivity contribution < 1.29 is 73.8 Å². The van der Waals surface area contributed by atoms with Crippen LogP contribution in [0.1, 0.15) is 78.1 Å². The smallest absolute Gasteiger partial charge is 0.306 e. The molecule has 0 aromatic rings. The molecule has 2 saturated heterocycles. The number of hydrogen-bond acceptors (Lipinski definition) is 15. The number of aliphatic hydroxyl groups excluding tert-OH is 7. The number of carbonyl (C=O) groups is 2. The molecule has 0 aromatic carbocycles. The molecule has 2 rings (SSSR count). The summed E-state index contributed by atoms with van der Waals surface area (Å²) >= 11 is 0. The predicted molar refractivity (Wildman–Crippen MR) is 160 cm³/mol. The maximum Gasteiger partial charge on any atom is 0.306 e. The summed E-state index contributed by atoms with van der Waals surface area (Å²) in [5, 5.41) is 70.7. The molecule has 15 nitrogen and oxygen atoms in total. The summed E-state index contributed by atoms with van der Waals surface area (Å²) in [6.07, 6.45) is -3.06. The van der Waals surface area contributed by atoms with Crippen molar-refractivity contribution in [3.05, 3.63) is 12.2 Å². The van der Waals surface area contributed by atoms with Crippen molar-refractivity contribution in [1.82, 2.24) is 0 Å². The Kier molecular flexibility index (Phi) is 19.3. The van der Waals surface area contributed by atoms with E-state index in [4.69, 9.17) is 28.4 Å². The molecule has 0 saturated carbocycles. The van der Waals surface area contributed by atoms with Crippen LogP contribution in [-0.2, 0) is 38.0 Å². The lowest BCUT2D eigenvalue weighted by Crippen LogP contribution is -2.61. The quantitative estimate of drug-likeness (QED) is 0.0469. The maximum absolute atomic E-state index is 12.5. The van der Waals surface area contributed by atoms with Crippen LogP contribution in [0.5, 0.6) is 0 Å². The van der Waals surface area contributed by atoms with Gasteiger partial charge in [-0.25, -0.2) is 0 Å². The lowest BCUT2D eigenvalue weighted by Gasteiger charge is -2.42. The van der Waals surface area contributed by atoms with Crippen LogP contribution < -0.4 is 0 Å². The van der Waals surface area contributed by atoms with Gasteiger partial charge in [0.15, 0.2) is 18.7 Å². The normalized spacial score (nSPS) is 32.4. The van der Waals surface area contributed by atoms with Gasteiger partial charge < -0.3 is 64.2 Å². The lowest BCUT2D eigenvalue weighted by molar-refractivity contribution is -0.332. The van der Waals surface area contributed by atoms with Gasteiger partial charge in [-0.05, 0) is 25.7 Å². The van der Waals surface area contributed by atoms with Crippen LogP contribution in [0, 0.1) is 0 Å². The van der Waals surface area contributed by atoms with E-state index in [-0.39, 0.29) is 13.0 Å². The Morgan fingerprint density at radius 3 is 1.91 bits per heavy atom. The van der Waals surface area contributed by atoms with Crippen molar-refractivity contribution in [2.75, 3.05) is 26.4 Å². The highest BCUT2D eigenvalue weighted by atomic mass is 16.7. The summed E-state index contributed by atoms with van der Waals surface area (Å²) in [5.74, 6) is -1.13. The topological polar surface area (TPSA) is 231 Å². The molecule has 2 aliphatic heterocycles. The van der Waals surface area contributed by atoms with Gasteiger partial charge in [0.1, 0.15) is 55.4 Å². The molecule has 0 bridgehead atoms. The molecule has 2 aliphatic rings. The Bertz CT molecular complexity index is 886. The Hall–Kier alpha value is -1.76. The summed E-state index contributed by atoms with van der Waals surface area (Å²) < 4.78 is 32.2. The molecule has 46 heavy (non-hydrogen) atoms. The number of allylic oxidation sites excluding steroid dienone is 2. The highest BCUT2D eigenvalue weighted by Crippen LogP contribution is 2.26. The molecule has 2 heterocycles. The molecule has 11 unspecified atom stereocenters. The van der Waals surface area contributed by atoms with E-state index in [1.165, 1.54) is 19.8 Å². The molecule has 15 heteroatoms. The standard InChI is InChI=1S/C31H54O15/c1-3-4-5-6-7-8-9-10-11-12-13-14-23(34)44-20(16-41-19(2)33)17-42-30-29(40)27(38)25(36)22(46-30)18-43-31-28(39)26(37)24(35)21(15-32)45-31/h6-7,20-22,24-32,35-40H,3-5,8-18H2,1-2H3/b7-6-. The molecule has 0 radical (unpaired) electrons. The fourth-order valence-electron chi connectivity index (χ4n) is 4.98. The summed E-state index contributed by atoms with van der Waals surface area (Å²) in [5.41, 5.74) is 0. The first-order valence-electron chi connectivity index (χ1n) is 16.2. The summed E-state index contributed by atoms with van der Waals surface area (Å²) in [7, 11) is 0. The highest BCUT2D eigenvalue weighted by molar-refractivity contribution is 5.69. The number of unbranched alkanes of at least 4 members (excludes halogenated alkanes) is 7. The molecule has 0 aliphatic carbocycles. The van der Waals surface area contributed by atoms with Gasteiger partial charge in [0.2, 0.25) is 0 Å². The molecular weight excluding hydrogens is 612 g/mol. The average molecular weight is 667 g/mol. The Balaban J connectivity index is 1.83. The molecule has 2 fully saturated rings. The highest BCUT2D eigenvalue weighted by Gasteiger charge is 2.47. The average Bonchev–Trinajstić information content (AvgIpc) is 3.03. The van der Waals surface area contributed by atoms with Crippen LogP contribution in [0.3, 0.4) is 0 Å². The first-order chi connectivity index (χ1) is 22.0. The van der Waals surface area contributed by atoms with E-state index >= 15 is 0 Å². The number of ether oxygens (including phenoxy) is 6. The van der Waals surface area contributed by atoms with E-state index in [2.05, 4.69) is 19.1 Å². The van der Waals surface area contributed by atoms with Gasteiger partial charge in [-0.3, -0.25) is 9.59 Å². The molecule has 7 N–H and O–H groups in total. The number of carbonyl (C=O) groups excluding carboxylic acids is 2. The van der Waals surface area contributed by atoms with Gasteiger partial charge in [0.25, 0.3) is 0 Å². The van der Waals surface area contributed by atoms with E-state index in [0.29, 0.717) is 6.42 Å². The van der Waals surface area contributed by atoms with E-state index in [1.54, 1.807) is 0 Å². The van der Waals surface area contributed by atoms with Crippen molar-refractivity contribution in [3.8, 4) is 0 Å². The Labute approximate surface area is 270 Å². The minimum absolute atomic E-state index is 0.151. The first-order valence-corrected chi connectivity index (χ1v) is 16.2. The van der Waals surface area contributed by atoms with E-state index < -0.39 is 99.3 Å². The van der Waals surface area contributed by atoms with Crippen LogP contribution >= 0.6 is 0 Å². The SMILES string of the molecule is CCCC/C=C\CCCCCCCC(=O)OC(COC(C)=O)COC1OC(COC2OC(CO)C(O)C(O)C2O)C(O)C(O)C1O. The second kappa shape index (κ2) is 22.0. The third-order valence-corrected chi connectivity index (χ3v) is 7.80. The third kappa shape index (κ3) is 13.8. The Morgan fingerprint density at radius 2 is 1.28 bits per heavy atom. The van der Waals surface area contributed by atoms with Gasteiger partial charge in [-0.1, -0.05) is 51.2 Å². The Morgan fingerprint density at radius 1 is 0.717 bits per heavy atom. The van der Waals surface area contributed by atoms with Gasteiger partial charge in [0.05, 0.1) is 19.8 Å². The third-order valence-electron chi connectivity index (χ3n) is 7.80. The van der Waals surface area contributed by atoms with Gasteiger partial charge in [-0.2, -0.15) is 0 Å². The molecule has 0 amide bonds. The van der Waals surface area contributed by atoms with E-state index in [0.717, 1.165) is 38.5 Å². The number of rotatable bonds is 21. The van der Waals surface area contributed by atoms with Gasteiger partial charge in [-0.15, -0.1) is 0 Å². The minimum atomic E-state index is -1.76. The van der Waals surface area contributed by atoms with Crippen molar-refractivity contribution >= 4 is 11.9 Å². The fourth-order valence-corrected chi connectivity index (χ4v) is 4.98. The van der Waals surface area contributed by atoms with Crippen molar-refractivity contribution in [1.29, 1.82) is 0 Å². The summed E-state index contributed by atoms with van der Waals surface area (Å²) in [6, 6.07) is 0. The van der Waals surface area contributed by atoms with Crippen LogP contribution in [0.25, 0.3) is 0 Å². The predicted octanol–water partition coefficient (Wildman–Crippen LogP) is -0.421. The molecule has 0 spiro atoms. The van der Waals surface area contributed by atoms with Crippen LogP contribution in [0.15, 0.2) is 12.2 Å². The van der Waals surface area contributed by atoms with Crippen LogP contribution in [0.4, 0.5) is 0 Å². The van der Waals surface area contributed by atoms with E-state index in [1.807, 2.05) is 0 Å². The second-order valence-corrected chi connectivity index (χ2v) is 11.7. The number of hydrogen-bond donors (Lipinski definition) is 7. The summed E-state index contributed by atoms with van der Waals surface area (Å²) in [4.78, 5) is 23.9. The fraction of sp³-hybridized carbons (Fsp3) is 0.871. The lowest BCUT2D eigenvalue weighted by atomic mass is 9.98. The van der Waals surface area contributed by atoms with Crippen LogP contribution in [-0.4, -0.2) is 142 Å². The monoisotopic (exact) mass is 666 g/mol. The summed E-state index contributed by atoms with van der Waals surface area (Å²) in [6.45, 7) is 1.43. The minimum Gasteiger partial charge on any atom is -0.462 e. The molecular formula is C31H54O15. The number of esters is 2. The van der Waals surface area contributed by atoms with Crippen LogP contribution in [0.2, 0.25) is 0 Å². The maximum atomic E-state index is 12.5. The van der Waals surface area contributed by atoms with Crippen molar-refractivity contribution in [3.63, 3.8) is 0 Å². The molecule has 11 atom stereocenters. The zero-order chi connectivity index (χ0) is 34.1. The number of aliphatic hydroxyl groups is 7. The zero-order valence-electron chi connectivity index (χ0n) is 26.8.